The molecule has 76 valence electrons. The van der Waals surface area contributed by atoms with Crippen LogP contribution in [0.25, 0.3) is 0 Å². The molecule has 0 N–H and O–H groups in total. The van der Waals surface area contributed by atoms with Gasteiger partial charge in [0.1, 0.15) is 0 Å². The van der Waals surface area contributed by atoms with Crippen molar-refractivity contribution in [3.63, 3.8) is 0 Å². The minimum Gasteiger partial charge on any atom is -0.469 e. The Kier molecular flexibility index (Phi) is 4.38. The largest absolute Gasteiger partial charge is 0.469 e. The Labute approximate surface area is 97.8 Å². The van der Waals surface area contributed by atoms with Crippen LogP contribution in [0.4, 0.5) is 0 Å². The van der Waals surface area contributed by atoms with Gasteiger partial charge in [0.05, 0.1) is 13.0 Å². The minimum atomic E-state index is -0.148. The predicted molar refractivity (Wildman–Crippen MR) is 64.0 cm³/mol. The fraction of sp³-hybridized carbons (Fsp3) is 0.364. The van der Waals surface area contributed by atoms with Crippen LogP contribution in [0.2, 0.25) is 0 Å². The Morgan fingerprint density at radius 1 is 1.50 bits per heavy atom. The molecule has 14 heavy (non-hydrogen) atoms. The van der Waals surface area contributed by atoms with Crippen molar-refractivity contribution in [1.29, 1.82) is 0 Å². The number of benzene rings is 1. The van der Waals surface area contributed by atoms with E-state index in [2.05, 4.69) is 27.3 Å². The number of hydrogen-bond acceptors (Lipinski definition) is 2. The quantitative estimate of drug-likeness (QED) is 0.634. The van der Waals surface area contributed by atoms with Crippen LogP contribution in [0, 0.1) is 9.49 Å². The lowest BCUT2D eigenvalue weighted by Crippen LogP contribution is -2.15. The van der Waals surface area contributed by atoms with E-state index in [1.165, 1.54) is 16.2 Å². The lowest BCUT2D eigenvalue weighted by molar-refractivity contribution is -0.144. The van der Waals surface area contributed by atoms with Crippen LogP contribution >= 0.6 is 22.6 Å². The summed E-state index contributed by atoms with van der Waals surface area (Å²) in [5.74, 6) is -0.222. The molecule has 0 spiro atoms. The summed E-state index contributed by atoms with van der Waals surface area (Å²) in [7, 11) is 1.43. The minimum absolute atomic E-state index is 0.0732. The van der Waals surface area contributed by atoms with E-state index in [0.29, 0.717) is 0 Å². The SMILES string of the molecule is COC(=O)[C@H](C)Cc1ccccc1I. The maximum atomic E-state index is 11.2. The number of hydrogen-bond donors (Lipinski definition) is 0. The van der Waals surface area contributed by atoms with Crippen molar-refractivity contribution in [3.8, 4) is 0 Å². The Morgan fingerprint density at radius 2 is 2.14 bits per heavy atom. The monoisotopic (exact) mass is 304 g/mol. The Balaban J connectivity index is 2.69. The second-order valence-corrected chi connectivity index (χ2v) is 4.38. The van der Waals surface area contributed by atoms with Gasteiger partial charge >= 0.3 is 5.97 Å². The lowest BCUT2D eigenvalue weighted by Gasteiger charge is -2.09. The highest BCUT2D eigenvalue weighted by atomic mass is 127. The van der Waals surface area contributed by atoms with Crippen LogP contribution in [0.5, 0.6) is 0 Å². The summed E-state index contributed by atoms with van der Waals surface area (Å²) < 4.78 is 5.88. The maximum absolute atomic E-state index is 11.2. The normalized spacial score (nSPS) is 12.2. The lowest BCUT2D eigenvalue weighted by atomic mass is 10.0. The summed E-state index contributed by atoms with van der Waals surface area (Å²) in [4.78, 5) is 11.2. The number of rotatable bonds is 3. The topological polar surface area (TPSA) is 26.3 Å². The third-order valence-corrected chi connectivity index (χ3v) is 3.14. The molecule has 1 atom stereocenters. The van der Waals surface area contributed by atoms with Crippen molar-refractivity contribution in [1.82, 2.24) is 0 Å². The van der Waals surface area contributed by atoms with Gasteiger partial charge in [-0.25, -0.2) is 0 Å². The van der Waals surface area contributed by atoms with E-state index in [-0.39, 0.29) is 11.9 Å². The molecule has 0 saturated heterocycles. The first-order valence-corrected chi connectivity index (χ1v) is 5.54. The summed E-state index contributed by atoms with van der Waals surface area (Å²) in [6.45, 7) is 1.88. The second kappa shape index (κ2) is 5.34. The van der Waals surface area contributed by atoms with Gasteiger partial charge in [-0.05, 0) is 40.6 Å². The fourth-order valence-corrected chi connectivity index (χ4v) is 1.89. The van der Waals surface area contributed by atoms with Gasteiger partial charge in [-0.15, -0.1) is 0 Å². The third-order valence-electron chi connectivity index (χ3n) is 2.09. The number of esters is 1. The van der Waals surface area contributed by atoms with E-state index >= 15 is 0 Å². The molecule has 1 aromatic rings. The zero-order chi connectivity index (χ0) is 10.6. The Morgan fingerprint density at radius 3 is 2.71 bits per heavy atom. The maximum Gasteiger partial charge on any atom is 0.308 e. The van der Waals surface area contributed by atoms with E-state index in [9.17, 15) is 4.79 Å². The first-order chi connectivity index (χ1) is 6.65. The molecule has 0 amide bonds. The summed E-state index contributed by atoms with van der Waals surface area (Å²) in [6.07, 6.45) is 0.742. The molecule has 0 aliphatic carbocycles. The summed E-state index contributed by atoms with van der Waals surface area (Å²) in [5.41, 5.74) is 1.20. The molecule has 0 fully saturated rings. The molecule has 3 heteroatoms. The van der Waals surface area contributed by atoms with Crippen molar-refractivity contribution in [2.75, 3.05) is 7.11 Å². The summed E-state index contributed by atoms with van der Waals surface area (Å²) in [5, 5.41) is 0. The molecular formula is C11H13IO2. The molecule has 0 aliphatic rings. The molecule has 1 rings (SSSR count). The van der Waals surface area contributed by atoms with Crippen LogP contribution in [-0.4, -0.2) is 13.1 Å². The molecule has 0 aliphatic heterocycles. The van der Waals surface area contributed by atoms with Gasteiger partial charge < -0.3 is 4.74 Å². The fourth-order valence-electron chi connectivity index (χ4n) is 1.28. The molecule has 0 radical (unpaired) electrons. The van der Waals surface area contributed by atoms with Crippen LogP contribution in [0.3, 0.4) is 0 Å². The van der Waals surface area contributed by atoms with E-state index in [4.69, 9.17) is 0 Å². The number of methoxy groups -OCH3 is 1. The average Bonchev–Trinajstić information content (AvgIpc) is 2.20. The van der Waals surface area contributed by atoms with Crippen molar-refractivity contribution >= 4 is 28.6 Å². The highest BCUT2D eigenvalue weighted by Crippen LogP contribution is 2.16. The standard InChI is InChI=1S/C11H13IO2/c1-8(11(13)14-2)7-9-5-3-4-6-10(9)12/h3-6,8H,7H2,1-2H3/t8-/m1/s1. The van der Waals surface area contributed by atoms with E-state index in [0.717, 1.165) is 6.42 Å². The van der Waals surface area contributed by atoms with Crippen molar-refractivity contribution < 1.29 is 9.53 Å². The van der Waals surface area contributed by atoms with E-state index < -0.39 is 0 Å². The van der Waals surface area contributed by atoms with Gasteiger partial charge in [0.2, 0.25) is 0 Å². The zero-order valence-electron chi connectivity index (χ0n) is 8.29. The molecule has 0 saturated carbocycles. The first-order valence-electron chi connectivity index (χ1n) is 4.46. The first kappa shape index (κ1) is 11.5. The Bertz CT molecular complexity index is 323. The van der Waals surface area contributed by atoms with E-state index in [1.54, 1.807) is 0 Å². The number of ether oxygens (including phenoxy) is 1. The van der Waals surface area contributed by atoms with Gasteiger partial charge in [0, 0.05) is 3.57 Å². The van der Waals surface area contributed by atoms with Gasteiger partial charge in [-0.1, -0.05) is 25.1 Å². The average molecular weight is 304 g/mol. The van der Waals surface area contributed by atoms with E-state index in [1.807, 2.05) is 31.2 Å². The van der Waals surface area contributed by atoms with Gasteiger partial charge in [0.15, 0.2) is 0 Å². The summed E-state index contributed by atoms with van der Waals surface area (Å²) in [6, 6.07) is 8.07. The number of carbonyl (C=O) groups excluding carboxylic acids is 1. The molecular weight excluding hydrogens is 291 g/mol. The number of halogens is 1. The third kappa shape index (κ3) is 2.97. The second-order valence-electron chi connectivity index (χ2n) is 3.22. The number of carbonyl (C=O) groups is 1. The van der Waals surface area contributed by atoms with Gasteiger partial charge in [-0.2, -0.15) is 0 Å². The molecule has 1 aromatic carbocycles. The Hall–Kier alpha value is -0.580. The zero-order valence-corrected chi connectivity index (χ0v) is 10.4. The van der Waals surface area contributed by atoms with Crippen LogP contribution in [0.1, 0.15) is 12.5 Å². The van der Waals surface area contributed by atoms with Crippen molar-refractivity contribution in [3.05, 3.63) is 33.4 Å². The summed E-state index contributed by atoms with van der Waals surface area (Å²) >= 11 is 2.28. The molecule has 0 heterocycles. The molecule has 0 bridgehead atoms. The molecule has 0 unspecified atom stereocenters. The highest BCUT2D eigenvalue weighted by molar-refractivity contribution is 14.1. The van der Waals surface area contributed by atoms with Gasteiger partial charge in [-0.3, -0.25) is 4.79 Å². The van der Waals surface area contributed by atoms with Crippen molar-refractivity contribution in [2.24, 2.45) is 5.92 Å². The van der Waals surface area contributed by atoms with Crippen LogP contribution < -0.4 is 0 Å². The predicted octanol–water partition coefficient (Wildman–Crippen LogP) is 2.64. The van der Waals surface area contributed by atoms with Crippen LogP contribution in [0.15, 0.2) is 24.3 Å². The molecule has 2 nitrogen and oxygen atoms in total. The van der Waals surface area contributed by atoms with Crippen molar-refractivity contribution in [2.45, 2.75) is 13.3 Å². The smallest absolute Gasteiger partial charge is 0.308 e. The van der Waals surface area contributed by atoms with Gasteiger partial charge in [0.25, 0.3) is 0 Å². The molecule has 0 aromatic heterocycles. The van der Waals surface area contributed by atoms with Crippen LogP contribution in [-0.2, 0) is 16.0 Å². The highest BCUT2D eigenvalue weighted by Gasteiger charge is 2.14.